The molecular weight excluding hydrogens is 836 g/mol. The van der Waals surface area contributed by atoms with Crippen LogP contribution in [-0.2, 0) is 32.3 Å². The van der Waals surface area contributed by atoms with E-state index in [1.165, 1.54) is 6.21 Å². The standard InChI is InChI=1S/C48H52F3N3O8S/c1-3-45(55)59-29-13-7-5-11-27-57-39-21-17-36(18-22-39)33-61-41-25-26-43(62-34-37-19-23-40(24-20-37)58-28-12-6-8-14-30-60-46(56)4-2)38(31-41)32-52-54(35-48(49,50)51)47-53-42-15-9-10-16-44(42)63-47/h3-4,9-10,15-26,31-32H,1-2,5-8,11-14,27-30,33-35H2/b52-32+. The number of thiazole rings is 1. The molecule has 4 aromatic carbocycles. The molecule has 0 aliphatic heterocycles. The van der Waals surface area contributed by atoms with Crippen LogP contribution in [0.3, 0.4) is 0 Å². The maximum Gasteiger partial charge on any atom is 0.408 e. The Labute approximate surface area is 369 Å². The predicted octanol–water partition coefficient (Wildman–Crippen LogP) is 11.2. The number of alkyl halides is 3. The fraction of sp³-hybridized carbons (Fsp3) is 0.333. The van der Waals surface area contributed by atoms with Crippen LogP contribution in [0, 0.1) is 0 Å². The Balaban J connectivity index is 1.19. The molecule has 11 nitrogen and oxygen atoms in total. The summed E-state index contributed by atoms with van der Waals surface area (Å²) in [5, 5.41) is 5.24. The molecule has 0 saturated heterocycles. The van der Waals surface area contributed by atoms with Crippen LogP contribution in [0.25, 0.3) is 10.2 Å². The molecule has 15 heteroatoms. The number of unbranched alkanes of at least 4 members (excludes halogenated alkanes) is 6. The van der Waals surface area contributed by atoms with Gasteiger partial charge in [-0.15, -0.1) is 0 Å². The van der Waals surface area contributed by atoms with Gasteiger partial charge < -0.3 is 28.4 Å². The molecule has 0 N–H and O–H groups in total. The third-order valence-corrected chi connectivity index (χ3v) is 10.3. The Hall–Kier alpha value is -6.35. The van der Waals surface area contributed by atoms with E-state index >= 15 is 0 Å². The second kappa shape index (κ2) is 25.6. The quantitative estimate of drug-likeness (QED) is 0.0158. The molecule has 0 radical (unpaired) electrons. The van der Waals surface area contributed by atoms with Gasteiger partial charge in [-0.25, -0.2) is 19.6 Å². The van der Waals surface area contributed by atoms with Crippen LogP contribution in [0.5, 0.6) is 23.0 Å². The van der Waals surface area contributed by atoms with Crippen LogP contribution in [0.1, 0.15) is 68.1 Å². The van der Waals surface area contributed by atoms with Gasteiger partial charge in [0.15, 0.2) is 0 Å². The van der Waals surface area contributed by atoms with Gasteiger partial charge in [0.25, 0.3) is 0 Å². The lowest BCUT2D eigenvalue weighted by Crippen LogP contribution is -2.30. The molecular formula is C48H52F3N3O8S. The zero-order valence-electron chi connectivity index (χ0n) is 35.1. The number of aromatic nitrogens is 1. The zero-order valence-corrected chi connectivity index (χ0v) is 35.9. The molecule has 0 spiro atoms. The summed E-state index contributed by atoms with van der Waals surface area (Å²) in [5.74, 6) is 1.46. The maximum atomic E-state index is 13.8. The summed E-state index contributed by atoms with van der Waals surface area (Å²) in [7, 11) is 0. The molecule has 334 valence electrons. The molecule has 5 rings (SSSR count). The Kier molecular flexibility index (Phi) is 19.3. The van der Waals surface area contributed by atoms with Crippen molar-refractivity contribution in [2.75, 3.05) is 38.0 Å². The molecule has 0 bridgehead atoms. The van der Waals surface area contributed by atoms with E-state index in [-0.39, 0.29) is 18.3 Å². The number of halogens is 3. The number of ether oxygens (including phenoxy) is 6. The first-order valence-corrected chi connectivity index (χ1v) is 21.6. The topological polar surface area (TPSA) is 118 Å². The largest absolute Gasteiger partial charge is 0.494 e. The Morgan fingerprint density at radius 3 is 1.71 bits per heavy atom. The fourth-order valence-corrected chi connectivity index (χ4v) is 6.85. The molecule has 0 aliphatic carbocycles. The van der Waals surface area contributed by atoms with Crippen molar-refractivity contribution in [3.63, 3.8) is 0 Å². The van der Waals surface area contributed by atoms with Gasteiger partial charge in [0.1, 0.15) is 42.8 Å². The molecule has 0 aliphatic rings. The maximum absolute atomic E-state index is 13.8. The molecule has 0 fully saturated rings. The van der Waals surface area contributed by atoms with Crippen LogP contribution >= 0.6 is 11.3 Å². The van der Waals surface area contributed by atoms with E-state index < -0.39 is 24.7 Å². The number of benzene rings is 4. The number of hydrogen-bond acceptors (Lipinski definition) is 12. The first kappa shape index (κ1) is 47.7. The second-order valence-corrected chi connectivity index (χ2v) is 15.2. The SMILES string of the molecule is C=CC(=O)OCCCCCCOc1ccc(COc2ccc(OCc3ccc(OCCCCCCOC(=O)C=C)cc3)c(/C=N/N(CC(F)(F)F)c3nc4ccccc4s3)c2)cc1. The number of nitrogens with zero attached hydrogens (tertiary/aromatic N) is 3. The number of carbonyl (C=O) groups is 2. The number of fused-ring (bicyclic) bond motifs is 1. The van der Waals surface area contributed by atoms with Gasteiger partial charge in [-0.1, -0.05) is 60.9 Å². The number of anilines is 1. The van der Waals surface area contributed by atoms with Gasteiger partial charge in [-0.05, 0) is 117 Å². The first-order valence-electron chi connectivity index (χ1n) is 20.7. The number of carbonyl (C=O) groups excluding carboxylic acids is 2. The van der Waals surface area contributed by atoms with Crippen molar-refractivity contribution in [1.29, 1.82) is 0 Å². The summed E-state index contributed by atoms with van der Waals surface area (Å²) in [5.41, 5.74) is 2.72. The van der Waals surface area contributed by atoms with Crippen LogP contribution in [0.2, 0.25) is 0 Å². The lowest BCUT2D eigenvalue weighted by molar-refractivity contribution is -0.138. The highest BCUT2D eigenvalue weighted by Gasteiger charge is 2.32. The van der Waals surface area contributed by atoms with Crippen LogP contribution in [0.4, 0.5) is 18.3 Å². The third-order valence-electron chi connectivity index (χ3n) is 9.23. The minimum Gasteiger partial charge on any atom is -0.494 e. The molecule has 0 saturated carbocycles. The highest BCUT2D eigenvalue weighted by atomic mass is 32.1. The van der Waals surface area contributed by atoms with Gasteiger partial charge in [0.05, 0.1) is 42.9 Å². The van der Waals surface area contributed by atoms with E-state index in [2.05, 4.69) is 23.2 Å². The molecule has 63 heavy (non-hydrogen) atoms. The average molecular weight is 888 g/mol. The van der Waals surface area contributed by atoms with Crippen LogP contribution < -0.4 is 24.0 Å². The number of hydrogen-bond donors (Lipinski definition) is 0. The van der Waals surface area contributed by atoms with E-state index in [9.17, 15) is 22.8 Å². The third kappa shape index (κ3) is 17.5. The Morgan fingerprint density at radius 1 is 0.651 bits per heavy atom. The lowest BCUT2D eigenvalue weighted by atomic mass is 10.2. The summed E-state index contributed by atoms with van der Waals surface area (Å²) in [6, 6.07) is 27.3. The van der Waals surface area contributed by atoms with Gasteiger partial charge in [0.2, 0.25) is 5.13 Å². The molecule has 5 aromatic rings. The zero-order chi connectivity index (χ0) is 44.7. The van der Waals surface area contributed by atoms with Crippen molar-refractivity contribution in [3.05, 3.63) is 133 Å². The lowest BCUT2D eigenvalue weighted by Gasteiger charge is -2.18. The second-order valence-electron chi connectivity index (χ2n) is 14.2. The van der Waals surface area contributed by atoms with E-state index in [1.807, 2.05) is 48.5 Å². The molecule has 1 aromatic heterocycles. The predicted molar refractivity (Wildman–Crippen MR) is 239 cm³/mol. The van der Waals surface area contributed by atoms with Crippen molar-refractivity contribution < 1.29 is 51.2 Å². The average Bonchev–Trinajstić information content (AvgIpc) is 3.73. The van der Waals surface area contributed by atoms with Gasteiger partial charge >= 0.3 is 18.1 Å². The smallest absolute Gasteiger partial charge is 0.408 e. The number of para-hydroxylation sites is 1. The normalized spacial score (nSPS) is 11.3. The summed E-state index contributed by atoms with van der Waals surface area (Å²) in [6.07, 6.45) is 6.09. The van der Waals surface area contributed by atoms with Crippen molar-refractivity contribution in [2.45, 2.75) is 70.8 Å². The van der Waals surface area contributed by atoms with Crippen molar-refractivity contribution in [1.82, 2.24) is 4.98 Å². The van der Waals surface area contributed by atoms with E-state index in [1.54, 1.807) is 42.5 Å². The fourth-order valence-electron chi connectivity index (χ4n) is 5.93. The summed E-state index contributed by atoms with van der Waals surface area (Å²) in [6.45, 7) is 7.67. The Bertz CT molecular complexity index is 2200. The highest BCUT2D eigenvalue weighted by molar-refractivity contribution is 7.22. The van der Waals surface area contributed by atoms with Crippen molar-refractivity contribution in [3.8, 4) is 23.0 Å². The molecule has 1 heterocycles. The molecule has 0 amide bonds. The minimum absolute atomic E-state index is 0.102. The number of hydrazone groups is 1. The number of rotatable bonds is 28. The van der Waals surface area contributed by atoms with Crippen LogP contribution in [0.15, 0.2) is 121 Å². The van der Waals surface area contributed by atoms with Crippen LogP contribution in [-0.4, -0.2) is 62.3 Å². The van der Waals surface area contributed by atoms with E-state index in [0.717, 1.165) is 101 Å². The van der Waals surface area contributed by atoms with Gasteiger partial charge in [-0.2, -0.15) is 18.3 Å². The van der Waals surface area contributed by atoms with E-state index in [4.69, 9.17) is 28.4 Å². The monoisotopic (exact) mass is 887 g/mol. The van der Waals surface area contributed by atoms with Crippen molar-refractivity contribution >= 4 is 44.8 Å². The minimum atomic E-state index is -4.55. The van der Waals surface area contributed by atoms with Gasteiger partial charge in [0, 0.05) is 17.7 Å². The Morgan fingerprint density at radius 2 is 1.17 bits per heavy atom. The van der Waals surface area contributed by atoms with Gasteiger partial charge in [-0.3, -0.25) is 0 Å². The highest BCUT2D eigenvalue weighted by Crippen LogP contribution is 2.32. The first-order chi connectivity index (χ1) is 30.6. The van der Waals surface area contributed by atoms with Crippen molar-refractivity contribution in [2.24, 2.45) is 5.10 Å². The molecule has 0 unspecified atom stereocenters. The number of esters is 2. The summed E-state index contributed by atoms with van der Waals surface area (Å²) >= 11 is 1.12. The molecule has 0 atom stereocenters. The summed E-state index contributed by atoms with van der Waals surface area (Å²) in [4.78, 5) is 26.7. The van der Waals surface area contributed by atoms with E-state index in [0.29, 0.717) is 54.8 Å². The summed E-state index contributed by atoms with van der Waals surface area (Å²) < 4.78 is 76.4.